The van der Waals surface area contributed by atoms with Crippen LogP contribution in [0, 0.1) is 6.92 Å². The van der Waals surface area contributed by atoms with Crippen LogP contribution in [-0.2, 0) is 6.54 Å². The molecule has 0 aliphatic carbocycles. The van der Waals surface area contributed by atoms with Gasteiger partial charge in [-0.3, -0.25) is 0 Å². The van der Waals surface area contributed by atoms with Crippen LogP contribution in [0.4, 0.5) is 17.5 Å². The van der Waals surface area contributed by atoms with Gasteiger partial charge in [0, 0.05) is 24.8 Å². The molecule has 0 saturated heterocycles. The molecule has 1 unspecified atom stereocenters. The molecule has 0 saturated carbocycles. The third kappa shape index (κ3) is 4.28. The Kier molecular flexibility index (Phi) is 5.46. The Balaban J connectivity index is 1.95. The Labute approximate surface area is 158 Å². The third-order valence-corrected chi connectivity index (χ3v) is 4.28. The molecule has 27 heavy (non-hydrogen) atoms. The fourth-order valence-corrected chi connectivity index (χ4v) is 2.80. The number of rotatable bonds is 7. The van der Waals surface area contributed by atoms with Crippen molar-refractivity contribution in [1.82, 2.24) is 19.5 Å². The molecule has 3 rings (SSSR count). The summed E-state index contributed by atoms with van der Waals surface area (Å²) in [6, 6.07) is 6.17. The van der Waals surface area contributed by atoms with Crippen LogP contribution in [0.25, 0.3) is 11.2 Å². The van der Waals surface area contributed by atoms with Crippen LogP contribution in [0.15, 0.2) is 24.5 Å². The maximum absolute atomic E-state index is 9.54. The molecule has 144 valence electrons. The van der Waals surface area contributed by atoms with Crippen LogP contribution >= 0.6 is 0 Å². The van der Waals surface area contributed by atoms with E-state index in [0.717, 1.165) is 22.5 Å². The number of nitrogens with two attached hydrogens (primary N) is 1. The quantitative estimate of drug-likeness (QED) is 0.473. The van der Waals surface area contributed by atoms with Gasteiger partial charge >= 0.3 is 0 Å². The van der Waals surface area contributed by atoms with Gasteiger partial charge in [-0.1, -0.05) is 17.7 Å². The van der Waals surface area contributed by atoms with Crippen LogP contribution < -0.4 is 16.4 Å². The van der Waals surface area contributed by atoms with Gasteiger partial charge < -0.3 is 26.0 Å². The molecular weight excluding hydrogens is 342 g/mol. The summed E-state index contributed by atoms with van der Waals surface area (Å²) < 4.78 is 2.00. The molecule has 1 atom stereocenters. The van der Waals surface area contributed by atoms with Gasteiger partial charge in [-0.15, -0.1) is 0 Å². The Hall–Kier alpha value is -2.87. The zero-order chi connectivity index (χ0) is 19.6. The minimum atomic E-state index is -0.497. The number of aliphatic hydroxyl groups is 1. The Bertz CT molecular complexity index is 933. The first-order valence-corrected chi connectivity index (χ1v) is 9.10. The molecule has 3 aromatic rings. The van der Waals surface area contributed by atoms with Crippen LogP contribution in [0.1, 0.15) is 37.9 Å². The molecule has 0 radical (unpaired) electrons. The molecule has 0 spiro atoms. The van der Waals surface area contributed by atoms with Crippen molar-refractivity contribution in [3.05, 3.63) is 35.7 Å². The van der Waals surface area contributed by atoms with Crippen molar-refractivity contribution in [1.29, 1.82) is 0 Å². The number of nitrogens with one attached hydrogen (secondary N) is 2. The first-order chi connectivity index (χ1) is 12.8. The van der Waals surface area contributed by atoms with Crippen LogP contribution in [0.5, 0.6) is 0 Å². The van der Waals surface area contributed by atoms with E-state index >= 15 is 0 Å². The van der Waals surface area contributed by atoms with Crippen LogP contribution in [0.2, 0.25) is 0 Å². The van der Waals surface area contributed by atoms with Crippen molar-refractivity contribution in [2.24, 2.45) is 0 Å². The number of nitrogens with zero attached hydrogens (tertiary/aromatic N) is 4. The predicted octanol–water partition coefficient (Wildman–Crippen LogP) is 2.70. The minimum absolute atomic E-state index is 0.217. The number of aliphatic hydroxyl groups excluding tert-OH is 1. The fraction of sp³-hybridized carbons (Fsp3) is 0.421. The molecule has 1 aromatic carbocycles. The molecule has 0 bridgehead atoms. The summed E-state index contributed by atoms with van der Waals surface area (Å²) in [5.74, 6) is 1.08. The molecule has 0 aliphatic heterocycles. The Morgan fingerprint density at radius 2 is 1.96 bits per heavy atom. The third-order valence-electron chi connectivity index (χ3n) is 4.28. The summed E-state index contributed by atoms with van der Waals surface area (Å²) in [6.45, 7) is 8.80. The smallest absolute Gasteiger partial charge is 0.226 e. The van der Waals surface area contributed by atoms with Gasteiger partial charge in [0.25, 0.3) is 0 Å². The molecule has 0 amide bonds. The molecule has 0 fully saturated rings. The summed E-state index contributed by atoms with van der Waals surface area (Å²) >= 11 is 0. The summed E-state index contributed by atoms with van der Waals surface area (Å²) in [6.07, 6.45) is 1.28. The van der Waals surface area contributed by atoms with Crippen LogP contribution in [0.3, 0.4) is 0 Å². The van der Waals surface area contributed by atoms with E-state index in [9.17, 15) is 5.11 Å². The van der Waals surface area contributed by atoms with Crippen molar-refractivity contribution in [3.63, 3.8) is 0 Å². The maximum atomic E-state index is 9.54. The molecular formula is C19H27N7O. The predicted molar refractivity (Wildman–Crippen MR) is 109 cm³/mol. The monoisotopic (exact) mass is 369 g/mol. The minimum Gasteiger partial charge on any atom is -0.398 e. The second-order valence-corrected chi connectivity index (χ2v) is 7.10. The number of aryl methyl sites for hydroxylation is 1. The molecule has 0 aliphatic rings. The van der Waals surface area contributed by atoms with Crippen molar-refractivity contribution >= 4 is 28.6 Å². The van der Waals surface area contributed by atoms with Gasteiger partial charge in [-0.2, -0.15) is 9.97 Å². The Morgan fingerprint density at radius 1 is 1.19 bits per heavy atom. The van der Waals surface area contributed by atoms with E-state index in [2.05, 4.69) is 45.5 Å². The second-order valence-electron chi connectivity index (χ2n) is 7.10. The molecule has 8 nitrogen and oxygen atoms in total. The largest absolute Gasteiger partial charge is 0.398 e. The zero-order valence-electron chi connectivity index (χ0n) is 16.2. The van der Waals surface area contributed by atoms with Crippen molar-refractivity contribution in [2.45, 2.75) is 46.4 Å². The van der Waals surface area contributed by atoms with Gasteiger partial charge in [0.15, 0.2) is 17.0 Å². The summed E-state index contributed by atoms with van der Waals surface area (Å²) in [5, 5.41) is 16.0. The van der Waals surface area contributed by atoms with Crippen molar-refractivity contribution in [3.8, 4) is 0 Å². The number of aromatic nitrogens is 4. The second kappa shape index (κ2) is 7.79. The summed E-state index contributed by atoms with van der Waals surface area (Å²) in [4.78, 5) is 13.6. The van der Waals surface area contributed by atoms with E-state index in [1.54, 1.807) is 13.3 Å². The lowest BCUT2D eigenvalue weighted by atomic mass is 10.1. The number of fused-ring (bicyclic) bond motifs is 1. The van der Waals surface area contributed by atoms with Crippen LogP contribution in [-0.4, -0.2) is 37.3 Å². The number of imidazole rings is 1. The van der Waals surface area contributed by atoms with Crippen molar-refractivity contribution < 1.29 is 5.11 Å². The molecule has 2 aromatic heterocycles. The summed E-state index contributed by atoms with van der Waals surface area (Å²) in [7, 11) is 0. The topological polar surface area (TPSA) is 114 Å². The highest BCUT2D eigenvalue weighted by Gasteiger charge is 2.15. The van der Waals surface area contributed by atoms with Gasteiger partial charge in [-0.25, -0.2) is 4.98 Å². The SMILES string of the molecule is Cc1ccc(N)c(CNc2nc(NCC(C)O)nc3c2ncn3C(C)C)c1. The fourth-order valence-electron chi connectivity index (χ4n) is 2.80. The Morgan fingerprint density at radius 3 is 2.67 bits per heavy atom. The highest BCUT2D eigenvalue weighted by molar-refractivity contribution is 5.84. The molecule has 8 heteroatoms. The van der Waals surface area contributed by atoms with Gasteiger partial charge in [0.1, 0.15) is 0 Å². The van der Waals surface area contributed by atoms with E-state index in [0.29, 0.717) is 30.4 Å². The average Bonchev–Trinajstić information content (AvgIpc) is 3.04. The first-order valence-electron chi connectivity index (χ1n) is 9.10. The van der Waals surface area contributed by atoms with E-state index < -0.39 is 6.10 Å². The molecule has 2 heterocycles. The number of hydrogen-bond donors (Lipinski definition) is 4. The number of nitrogen functional groups attached to an aromatic ring is 1. The first kappa shape index (κ1) is 18.9. The van der Waals surface area contributed by atoms with Gasteiger partial charge in [0.05, 0.1) is 12.4 Å². The van der Waals surface area contributed by atoms with Gasteiger partial charge in [0.2, 0.25) is 5.95 Å². The number of hydrogen-bond acceptors (Lipinski definition) is 7. The average molecular weight is 369 g/mol. The van der Waals surface area contributed by atoms with Gasteiger partial charge in [-0.05, 0) is 39.3 Å². The lowest BCUT2D eigenvalue weighted by molar-refractivity contribution is 0.208. The van der Waals surface area contributed by atoms with E-state index in [1.165, 1.54) is 0 Å². The summed E-state index contributed by atoms with van der Waals surface area (Å²) in [5.41, 5.74) is 10.4. The van der Waals surface area contributed by atoms with E-state index in [1.807, 2.05) is 23.6 Å². The lowest BCUT2D eigenvalue weighted by Crippen LogP contribution is -2.18. The standard InChI is InChI=1S/C19H27N7O/c1-11(2)26-10-23-16-17(21-9-14-7-12(3)5-6-15(14)20)24-19(25-18(16)26)22-8-13(4)27/h5-7,10-11,13,27H,8-9,20H2,1-4H3,(H2,21,22,24,25). The maximum Gasteiger partial charge on any atom is 0.226 e. The molecule has 5 N–H and O–H groups in total. The zero-order valence-corrected chi connectivity index (χ0v) is 16.2. The van der Waals surface area contributed by atoms with E-state index in [4.69, 9.17) is 5.73 Å². The van der Waals surface area contributed by atoms with Crippen molar-refractivity contribution in [2.75, 3.05) is 22.9 Å². The highest BCUT2D eigenvalue weighted by atomic mass is 16.3. The number of benzene rings is 1. The normalized spacial score (nSPS) is 12.5. The highest BCUT2D eigenvalue weighted by Crippen LogP contribution is 2.24. The number of anilines is 3. The van der Waals surface area contributed by atoms with E-state index in [-0.39, 0.29) is 6.04 Å². The lowest BCUT2D eigenvalue weighted by Gasteiger charge is -2.13.